The number of H-pyrrole nitrogens is 1. The molecule has 3 N–H and O–H groups in total. The van der Waals surface area contributed by atoms with Crippen LogP contribution >= 0.6 is 0 Å². The Hall–Kier alpha value is -3.50. The van der Waals surface area contributed by atoms with Crippen molar-refractivity contribution in [2.45, 2.75) is 119 Å². The average molecular weight is 616 g/mol. The molecular formula is C34H50FN3O6. The number of aryl methyl sites for hydroxylation is 1. The minimum atomic E-state index is -0.871. The lowest BCUT2D eigenvalue weighted by molar-refractivity contribution is -0.300. The van der Waals surface area contributed by atoms with Crippen LogP contribution < -0.4 is 10.6 Å². The number of ether oxygens (including phenoxy) is 3. The third kappa shape index (κ3) is 9.75. The fourth-order valence-electron chi connectivity index (χ4n) is 5.23. The predicted molar refractivity (Wildman–Crippen MR) is 172 cm³/mol. The fourth-order valence-corrected chi connectivity index (χ4v) is 5.23. The number of nitrogens with one attached hydrogen (secondary N) is 3. The second-order valence-electron chi connectivity index (χ2n) is 11.8. The van der Waals surface area contributed by atoms with Crippen LogP contribution in [0.15, 0.2) is 18.2 Å². The van der Waals surface area contributed by atoms with E-state index in [4.69, 9.17) is 14.2 Å². The molecule has 2 aliphatic heterocycles. The van der Waals surface area contributed by atoms with Gasteiger partial charge in [-0.3, -0.25) is 14.4 Å². The molecule has 3 heterocycles. The SMILES string of the molecule is CC.CC.Cc1[nH]c(/C=C2\C(=O)Nc3ccc(F)cc32)c(C)c1C(=O)NCCC1CC(CC(=O)OC(C)(C)C)OC(C)(C)O1. The number of anilines is 1. The highest BCUT2D eigenvalue weighted by Gasteiger charge is 2.37. The lowest BCUT2D eigenvalue weighted by atomic mass is 10.0. The number of fused-ring (bicyclic) bond motifs is 1. The number of esters is 1. The summed E-state index contributed by atoms with van der Waals surface area (Å²) < 4.78 is 31.2. The van der Waals surface area contributed by atoms with Crippen LogP contribution in [0.1, 0.15) is 114 Å². The molecule has 244 valence electrons. The molecule has 2 aliphatic rings. The Morgan fingerprint density at radius 3 is 2.39 bits per heavy atom. The van der Waals surface area contributed by atoms with Gasteiger partial charge in [0.2, 0.25) is 0 Å². The lowest BCUT2D eigenvalue weighted by Gasteiger charge is -2.40. The Bertz CT molecular complexity index is 1360. The van der Waals surface area contributed by atoms with Crippen LogP contribution in [-0.2, 0) is 23.8 Å². The third-order valence-electron chi connectivity index (χ3n) is 6.75. The maximum Gasteiger partial charge on any atom is 0.308 e. The molecule has 9 nitrogen and oxygen atoms in total. The van der Waals surface area contributed by atoms with Gasteiger partial charge in [0.05, 0.1) is 29.8 Å². The smallest absolute Gasteiger partial charge is 0.308 e. The summed E-state index contributed by atoms with van der Waals surface area (Å²) in [5, 5.41) is 5.69. The molecule has 0 saturated carbocycles. The molecule has 2 amide bonds. The summed E-state index contributed by atoms with van der Waals surface area (Å²) in [6, 6.07) is 4.13. The minimum absolute atomic E-state index is 0.127. The highest BCUT2D eigenvalue weighted by Crippen LogP contribution is 2.34. The standard InChI is InChI=1S/C30H38FN3O6.2C2H6/c1-16-24(15-22-21-12-18(31)8-9-23(21)34-27(22)36)33-17(2)26(16)28(37)32-11-10-19-13-20(39-30(6,7)38-19)14-25(35)40-29(3,4)5;2*1-2/h8-9,12,15,19-20,33H,10-11,13-14H2,1-7H3,(H,32,37)(H,34,36);2*1-2H3/b22-15-;;. The van der Waals surface area contributed by atoms with Gasteiger partial charge in [0.1, 0.15) is 11.4 Å². The van der Waals surface area contributed by atoms with E-state index in [2.05, 4.69) is 15.6 Å². The quantitative estimate of drug-likeness (QED) is 0.226. The number of amides is 2. The first kappa shape index (κ1) is 36.7. The van der Waals surface area contributed by atoms with Gasteiger partial charge in [0, 0.05) is 35.6 Å². The Morgan fingerprint density at radius 1 is 1.11 bits per heavy atom. The number of carbonyl (C=O) groups is 3. The average Bonchev–Trinajstić information content (AvgIpc) is 3.38. The largest absolute Gasteiger partial charge is 0.460 e. The number of benzene rings is 1. The van der Waals surface area contributed by atoms with Gasteiger partial charge in [-0.2, -0.15) is 0 Å². The van der Waals surface area contributed by atoms with Crippen molar-refractivity contribution in [2.75, 3.05) is 11.9 Å². The van der Waals surface area contributed by atoms with Crippen molar-refractivity contribution in [3.63, 3.8) is 0 Å². The van der Waals surface area contributed by atoms with E-state index >= 15 is 0 Å². The van der Waals surface area contributed by atoms with Gasteiger partial charge in [-0.05, 0) is 84.7 Å². The molecule has 44 heavy (non-hydrogen) atoms. The summed E-state index contributed by atoms with van der Waals surface area (Å²) in [6.45, 7) is 21.0. The number of hydrogen-bond donors (Lipinski definition) is 3. The molecule has 0 aliphatic carbocycles. The Labute approximate surface area is 261 Å². The van der Waals surface area contributed by atoms with E-state index in [-0.39, 0.29) is 36.4 Å². The molecule has 2 atom stereocenters. The van der Waals surface area contributed by atoms with Gasteiger partial charge >= 0.3 is 5.97 Å². The van der Waals surface area contributed by atoms with Crippen LogP contribution in [0.4, 0.5) is 10.1 Å². The third-order valence-corrected chi connectivity index (χ3v) is 6.75. The first-order chi connectivity index (χ1) is 20.6. The maximum atomic E-state index is 13.8. The number of aromatic nitrogens is 1. The Kier molecular flexibility index (Phi) is 12.9. The Balaban J connectivity index is 0.00000162. The number of rotatable bonds is 7. The monoisotopic (exact) mass is 615 g/mol. The topological polar surface area (TPSA) is 119 Å². The normalized spacial score (nSPS) is 19.5. The highest BCUT2D eigenvalue weighted by atomic mass is 19.1. The molecule has 1 aromatic carbocycles. The van der Waals surface area contributed by atoms with Crippen LogP contribution in [0.2, 0.25) is 0 Å². The van der Waals surface area contributed by atoms with E-state index in [1.807, 2.05) is 48.5 Å². The minimum Gasteiger partial charge on any atom is -0.460 e. The number of aromatic amines is 1. The molecule has 1 saturated heterocycles. The molecule has 0 radical (unpaired) electrons. The highest BCUT2D eigenvalue weighted by molar-refractivity contribution is 6.34. The molecular weight excluding hydrogens is 565 g/mol. The Morgan fingerprint density at radius 2 is 1.75 bits per heavy atom. The number of carbonyl (C=O) groups excluding carboxylic acids is 3. The molecule has 4 rings (SSSR count). The maximum absolute atomic E-state index is 13.8. The number of halogens is 1. The van der Waals surface area contributed by atoms with E-state index in [0.717, 1.165) is 0 Å². The zero-order chi connectivity index (χ0) is 33.4. The summed E-state index contributed by atoms with van der Waals surface area (Å²) in [5.74, 6) is -2.22. The zero-order valence-electron chi connectivity index (χ0n) is 28.1. The summed E-state index contributed by atoms with van der Waals surface area (Å²) in [6.07, 6.45) is 2.24. The van der Waals surface area contributed by atoms with Crippen LogP contribution in [0.5, 0.6) is 0 Å². The van der Waals surface area contributed by atoms with Crippen LogP contribution in [0, 0.1) is 19.7 Å². The molecule has 0 bridgehead atoms. The van der Waals surface area contributed by atoms with Crippen LogP contribution in [-0.4, -0.2) is 52.9 Å². The van der Waals surface area contributed by atoms with Crippen molar-refractivity contribution in [3.05, 3.63) is 52.1 Å². The fraction of sp³-hybridized carbons (Fsp3) is 0.559. The van der Waals surface area contributed by atoms with E-state index < -0.39 is 17.2 Å². The van der Waals surface area contributed by atoms with Gasteiger partial charge in [0.15, 0.2) is 5.79 Å². The first-order valence-corrected chi connectivity index (χ1v) is 15.5. The molecule has 10 heteroatoms. The van der Waals surface area contributed by atoms with Crippen molar-refractivity contribution < 1.29 is 33.0 Å². The molecule has 1 aromatic heterocycles. The van der Waals surface area contributed by atoms with Gasteiger partial charge in [-0.1, -0.05) is 27.7 Å². The van der Waals surface area contributed by atoms with Crippen molar-refractivity contribution >= 4 is 35.1 Å². The van der Waals surface area contributed by atoms with E-state index in [9.17, 15) is 18.8 Å². The van der Waals surface area contributed by atoms with Crippen LogP contribution in [0.3, 0.4) is 0 Å². The summed E-state index contributed by atoms with van der Waals surface area (Å²) in [5.41, 5.74) is 3.20. The predicted octanol–water partition coefficient (Wildman–Crippen LogP) is 7.08. The lowest BCUT2D eigenvalue weighted by Crippen LogP contribution is -2.46. The van der Waals surface area contributed by atoms with E-state index in [1.165, 1.54) is 18.2 Å². The first-order valence-electron chi connectivity index (χ1n) is 15.5. The van der Waals surface area contributed by atoms with Gasteiger partial charge in [0.25, 0.3) is 11.8 Å². The van der Waals surface area contributed by atoms with Crippen molar-refractivity contribution in [1.82, 2.24) is 10.3 Å². The van der Waals surface area contributed by atoms with Crippen LogP contribution in [0.25, 0.3) is 11.6 Å². The van der Waals surface area contributed by atoms with E-state index in [0.29, 0.717) is 58.7 Å². The van der Waals surface area contributed by atoms with Gasteiger partial charge in [-0.15, -0.1) is 0 Å². The molecule has 2 aromatic rings. The van der Waals surface area contributed by atoms with Crippen molar-refractivity contribution in [3.8, 4) is 0 Å². The second kappa shape index (κ2) is 15.5. The van der Waals surface area contributed by atoms with Crippen molar-refractivity contribution in [2.24, 2.45) is 0 Å². The van der Waals surface area contributed by atoms with Crippen molar-refractivity contribution in [1.29, 1.82) is 0 Å². The molecule has 1 fully saturated rings. The molecule has 0 spiro atoms. The van der Waals surface area contributed by atoms with Gasteiger partial charge < -0.3 is 29.8 Å². The summed E-state index contributed by atoms with van der Waals surface area (Å²) >= 11 is 0. The molecule has 2 unspecified atom stereocenters. The second-order valence-corrected chi connectivity index (χ2v) is 11.8. The van der Waals surface area contributed by atoms with E-state index in [1.54, 1.807) is 33.8 Å². The van der Waals surface area contributed by atoms with Gasteiger partial charge in [-0.25, -0.2) is 4.39 Å². The summed E-state index contributed by atoms with van der Waals surface area (Å²) in [7, 11) is 0. The summed E-state index contributed by atoms with van der Waals surface area (Å²) in [4.78, 5) is 41.2. The zero-order valence-corrected chi connectivity index (χ0v) is 28.1. The number of hydrogen-bond acceptors (Lipinski definition) is 6.